The zero-order chi connectivity index (χ0) is 19.3. The third-order valence-electron chi connectivity index (χ3n) is 5.43. The molecule has 1 N–H and O–H groups in total. The van der Waals surface area contributed by atoms with Gasteiger partial charge in [0.15, 0.2) is 0 Å². The molecule has 5 nitrogen and oxygen atoms in total. The minimum atomic E-state index is -0.283. The predicted octanol–water partition coefficient (Wildman–Crippen LogP) is 2.19. The van der Waals surface area contributed by atoms with Gasteiger partial charge in [0, 0.05) is 51.3 Å². The zero-order valence-corrected chi connectivity index (χ0v) is 16.0. The Morgan fingerprint density at radius 1 is 1.07 bits per heavy atom. The van der Waals surface area contributed by atoms with Crippen LogP contribution < -0.4 is 10.1 Å². The Labute approximate surface area is 165 Å². The number of amides is 1. The van der Waals surface area contributed by atoms with Crippen LogP contribution in [0.3, 0.4) is 0 Å². The van der Waals surface area contributed by atoms with Gasteiger partial charge in [-0.05, 0) is 23.3 Å². The molecule has 1 saturated heterocycles. The fourth-order valence-electron chi connectivity index (χ4n) is 3.80. The molecule has 0 radical (unpaired) electrons. The van der Waals surface area contributed by atoms with Crippen molar-refractivity contribution in [2.24, 2.45) is 0 Å². The number of nitrogens with zero attached hydrogens (tertiary/aromatic N) is 2. The molecule has 0 atom stereocenters. The van der Waals surface area contributed by atoms with Crippen molar-refractivity contribution in [3.05, 3.63) is 65.0 Å². The maximum atomic E-state index is 13.6. The van der Waals surface area contributed by atoms with Crippen LogP contribution in [0.5, 0.6) is 5.75 Å². The summed E-state index contributed by atoms with van der Waals surface area (Å²) in [6.45, 7) is 5.91. The van der Waals surface area contributed by atoms with E-state index in [4.69, 9.17) is 4.74 Å². The van der Waals surface area contributed by atoms with Crippen molar-refractivity contribution in [2.45, 2.75) is 19.5 Å². The minimum Gasteiger partial charge on any atom is -0.493 e. The Hall–Kier alpha value is -2.44. The van der Waals surface area contributed by atoms with E-state index >= 15 is 0 Å². The number of nitrogens with one attached hydrogen (secondary N) is 1. The Morgan fingerprint density at radius 3 is 2.68 bits per heavy atom. The van der Waals surface area contributed by atoms with Gasteiger partial charge in [0.2, 0.25) is 5.91 Å². The van der Waals surface area contributed by atoms with Crippen LogP contribution in [0.2, 0.25) is 0 Å². The maximum Gasteiger partial charge on any atom is 0.234 e. The van der Waals surface area contributed by atoms with E-state index in [2.05, 4.69) is 33.3 Å². The second-order valence-electron chi connectivity index (χ2n) is 7.46. The van der Waals surface area contributed by atoms with Gasteiger partial charge in [-0.25, -0.2) is 4.39 Å². The quantitative estimate of drug-likeness (QED) is 0.831. The first-order valence-corrected chi connectivity index (χ1v) is 9.87. The standard InChI is InChI=1S/C22H26FN3O2/c23-20-4-2-1-3-19(20)14-24-22(27)16-26-10-8-25(9-11-26)15-17-5-6-21-18(13-17)7-12-28-21/h1-6,13H,7-12,14-16H2,(H,24,27). The van der Waals surface area contributed by atoms with Gasteiger partial charge in [0.1, 0.15) is 11.6 Å². The number of halogens is 1. The number of rotatable bonds is 6. The Kier molecular flexibility index (Phi) is 5.88. The highest BCUT2D eigenvalue weighted by Gasteiger charge is 2.20. The topological polar surface area (TPSA) is 44.8 Å². The largest absolute Gasteiger partial charge is 0.493 e. The fraction of sp³-hybridized carbons (Fsp3) is 0.409. The number of piperazine rings is 1. The number of carbonyl (C=O) groups is 1. The summed E-state index contributed by atoms with van der Waals surface area (Å²) in [7, 11) is 0. The molecule has 2 aliphatic heterocycles. The fourth-order valence-corrected chi connectivity index (χ4v) is 3.80. The molecule has 0 aliphatic carbocycles. The van der Waals surface area contributed by atoms with Crippen LogP contribution in [-0.4, -0.2) is 55.0 Å². The molecular weight excluding hydrogens is 357 g/mol. The van der Waals surface area contributed by atoms with Crippen molar-refractivity contribution < 1.29 is 13.9 Å². The molecule has 2 aromatic rings. The molecule has 28 heavy (non-hydrogen) atoms. The van der Waals surface area contributed by atoms with Crippen LogP contribution in [0.4, 0.5) is 4.39 Å². The molecule has 2 aromatic carbocycles. The summed E-state index contributed by atoms with van der Waals surface area (Å²) in [5, 5.41) is 2.82. The monoisotopic (exact) mass is 383 g/mol. The lowest BCUT2D eigenvalue weighted by atomic mass is 10.1. The first-order chi connectivity index (χ1) is 13.7. The summed E-state index contributed by atoms with van der Waals surface area (Å²) >= 11 is 0. The van der Waals surface area contributed by atoms with Crippen LogP contribution >= 0.6 is 0 Å². The van der Waals surface area contributed by atoms with E-state index < -0.39 is 0 Å². The molecule has 1 fully saturated rings. The van der Waals surface area contributed by atoms with Crippen molar-refractivity contribution in [1.82, 2.24) is 15.1 Å². The van der Waals surface area contributed by atoms with Crippen LogP contribution in [0, 0.1) is 5.82 Å². The lowest BCUT2D eigenvalue weighted by molar-refractivity contribution is -0.122. The lowest BCUT2D eigenvalue weighted by Crippen LogP contribution is -2.49. The smallest absolute Gasteiger partial charge is 0.234 e. The van der Waals surface area contributed by atoms with Crippen LogP contribution in [0.1, 0.15) is 16.7 Å². The SMILES string of the molecule is O=C(CN1CCN(Cc2ccc3c(c2)CCO3)CC1)NCc1ccccc1F. The lowest BCUT2D eigenvalue weighted by Gasteiger charge is -2.34. The van der Waals surface area contributed by atoms with E-state index in [1.807, 2.05) is 0 Å². The molecule has 0 unspecified atom stereocenters. The average molecular weight is 383 g/mol. The highest BCUT2D eigenvalue weighted by Crippen LogP contribution is 2.26. The predicted molar refractivity (Wildman–Crippen MR) is 106 cm³/mol. The second kappa shape index (κ2) is 8.71. The van der Waals surface area contributed by atoms with E-state index in [1.165, 1.54) is 17.2 Å². The van der Waals surface area contributed by atoms with Crippen LogP contribution in [0.25, 0.3) is 0 Å². The number of hydrogen-bond donors (Lipinski definition) is 1. The van der Waals surface area contributed by atoms with Gasteiger partial charge in [0.25, 0.3) is 0 Å². The number of ether oxygens (including phenoxy) is 1. The zero-order valence-electron chi connectivity index (χ0n) is 16.0. The van der Waals surface area contributed by atoms with Gasteiger partial charge >= 0.3 is 0 Å². The summed E-state index contributed by atoms with van der Waals surface area (Å²) in [5.41, 5.74) is 3.14. The van der Waals surface area contributed by atoms with Gasteiger partial charge < -0.3 is 10.1 Å². The van der Waals surface area contributed by atoms with Gasteiger partial charge in [-0.1, -0.05) is 30.3 Å². The first kappa shape index (κ1) is 18.9. The second-order valence-corrected chi connectivity index (χ2v) is 7.46. The Bertz CT molecular complexity index is 834. The molecule has 1 amide bonds. The van der Waals surface area contributed by atoms with E-state index in [0.717, 1.165) is 51.5 Å². The number of benzene rings is 2. The Balaban J connectivity index is 1.20. The van der Waals surface area contributed by atoms with Gasteiger partial charge in [0.05, 0.1) is 13.2 Å². The third-order valence-corrected chi connectivity index (χ3v) is 5.43. The molecule has 4 rings (SSSR count). The molecule has 0 saturated carbocycles. The van der Waals surface area contributed by atoms with Gasteiger partial charge in [-0.15, -0.1) is 0 Å². The molecule has 0 bridgehead atoms. The van der Waals surface area contributed by atoms with Crippen molar-refractivity contribution in [1.29, 1.82) is 0 Å². The van der Waals surface area contributed by atoms with Gasteiger partial charge in [-0.3, -0.25) is 14.6 Å². The Morgan fingerprint density at radius 2 is 1.86 bits per heavy atom. The van der Waals surface area contributed by atoms with Crippen LogP contribution in [-0.2, 0) is 24.3 Å². The van der Waals surface area contributed by atoms with Crippen molar-refractivity contribution in [3.63, 3.8) is 0 Å². The molecular formula is C22H26FN3O2. The average Bonchev–Trinajstić information content (AvgIpc) is 3.17. The summed E-state index contributed by atoms with van der Waals surface area (Å²) in [6, 6.07) is 13.0. The van der Waals surface area contributed by atoms with Crippen molar-refractivity contribution in [2.75, 3.05) is 39.3 Å². The third kappa shape index (κ3) is 4.69. The minimum absolute atomic E-state index is 0.0599. The summed E-state index contributed by atoms with van der Waals surface area (Å²) in [6.07, 6.45) is 0.999. The number of fused-ring (bicyclic) bond motifs is 1. The van der Waals surface area contributed by atoms with E-state index in [9.17, 15) is 9.18 Å². The van der Waals surface area contributed by atoms with Crippen LogP contribution in [0.15, 0.2) is 42.5 Å². The van der Waals surface area contributed by atoms with E-state index in [-0.39, 0.29) is 18.3 Å². The van der Waals surface area contributed by atoms with E-state index in [0.29, 0.717) is 12.1 Å². The van der Waals surface area contributed by atoms with E-state index in [1.54, 1.807) is 18.2 Å². The first-order valence-electron chi connectivity index (χ1n) is 9.87. The highest BCUT2D eigenvalue weighted by atomic mass is 19.1. The molecule has 0 spiro atoms. The summed E-state index contributed by atoms with van der Waals surface area (Å²) in [4.78, 5) is 16.8. The van der Waals surface area contributed by atoms with Crippen molar-refractivity contribution in [3.8, 4) is 5.75 Å². The normalized spacial score (nSPS) is 17.2. The highest BCUT2D eigenvalue weighted by molar-refractivity contribution is 5.78. The number of hydrogen-bond acceptors (Lipinski definition) is 4. The number of carbonyl (C=O) groups excluding carboxylic acids is 1. The molecule has 0 aromatic heterocycles. The maximum absolute atomic E-state index is 13.6. The van der Waals surface area contributed by atoms with Gasteiger partial charge in [-0.2, -0.15) is 0 Å². The molecule has 6 heteroatoms. The molecule has 148 valence electrons. The molecule has 2 heterocycles. The summed E-state index contributed by atoms with van der Waals surface area (Å²) in [5.74, 6) is 0.680. The summed E-state index contributed by atoms with van der Waals surface area (Å²) < 4.78 is 19.2. The molecule has 2 aliphatic rings. The van der Waals surface area contributed by atoms with Crippen molar-refractivity contribution >= 4 is 5.91 Å².